The predicted molar refractivity (Wildman–Crippen MR) is 126 cm³/mol. The highest BCUT2D eigenvalue weighted by Gasteiger charge is 2.18. The second-order valence-corrected chi connectivity index (χ2v) is 8.62. The number of aromatic nitrogens is 3. The molecule has 0 saturated heterocycles. The van der Waals surface area contributed by atoms with Crippen LogP contribution in [0.25, 0.3) is 5.69 Å². The van der Waals surface area contributed by atoms with Gasteiger partial charge in [-0.05, 0) is 56.5 Å². The number of imidazole rings is 1. The Morgan fingerprint density at radius 3 is 2.39 bits per heavy atom. The van der Waals surface area contributed by atoms with Crippen molar-refractivity contribution >= 4 is 0 Å². The van der Waals surface area contributed by atoms with E-state index in [-0.39, 0.29) is 23.6 Å². The van der Waals surface area contributed by atoms with Crippen molar-refractivity contribution in [3.05, 3.63) is 117 Å². The number of hydrogen-bond donors (Lipinski definition) is 0. The van der Waals surface area contributed by atoms with Gasteiger partial charge in [0.05, 0.1) is 18.1 Å². The van der Waals surface area contributed by atoms with Gasteiger partial charge in [0.1, 0.15) is 0 Å². The minimum absolute atomic E-state index is 0.147. The normalized spacial score (nSPS) is 12.3. The van der Waals surface area contributed by atoms with E-state index in [1.807, 2.05) is 80.9 Å². The standard InChI is InChI=1S/C27H27F2N3O/c1-17-6-5-7-22(10-17)20(4)32-15-24(26(28)29)13-23(27(32)33)12-21-8-9-25(18(2)11-21)31-14-19(3)30-16-31/h5-11,13-16,20,26H,12H2,1-4H3/t20-/m0/s1. The van der Waals surface area contributed by atoms with Crippen LogP contribution in [0.15, 0.2) is 72.0 Å². The Labute approximate surface area is 192 Å². The second-order valence-electron chi connectivity index (χ2n) is 8.62. The van der Waals surface area contributed by atoms with Crippen molar-refractivity contribution in [1.29, 1.82) is 0 Å². The first kappa shape index (κ1) is 22.6. The van der Waals surface area contributed by atoms with Gasteiger partial charge in [0.15, 0.2) is 0 Å². The number of benzene rings is 2. The SMILES string of the molecule is Cc1cccc([C@H](C)n2cc(C(F)F)cc(Cc3ccc(-n4cnc(C)c4)c(C)c3)c2=O)c1. The summed E-state index contributed by atoms with van der Waals surface area (Å²) in [7, 11) is 0. The summed E-state index contributed by atoms with van der Waals surface area (Å²) in [5.74, 6) is 0. The maximum Gasteiger partial charge on any atom is 0.265 e. The van der Waals surface area contributed by atoms with Crippen LogP contribution in [0.4, 0.5) is 8.78 Å². The average Bonchev–Trinajstić information content (AvgIpc) is 3.20. The number of alkyl halides is 2. The summed E-state index contributed by atoms with van der Waals surface area (Å²) >= 11 is 0. The van der Waals surface area contributed by atoms with E-state index in [1.54, 1.807) is 6.33 Å². The molecule has 0 amide bonds. The molecule has 0 bridgehead atoms. The van der Waals surface area contributed by atoms with Gasteiger partial charge in [0.25, 0.3) is 12.0 Å². The number of rotatable bonds is 6. The molecule has 0 aliphatic carbocycles. The Bertz CT molecular complexity index is 1350. The summed E-state index contributed by atoms with van der Waals surface area (Å²) in [6.45, 7) is 7.75. The molecule has 2 heterocycles. The molecule has 4 nitrogen and oxygen atoms in total. The van der Waals surface area contributed by atoms with Gasteiger partial charge in [-0.15, -0.1) is 0 Å². The minimum Gasteiger partial charge on any atom is -0.308 e. The van der Waals surface area contributed by atoms with E-state index in [1.165, 1.54) is 16.8 Å². The Balaban J connectivity index is 1.72. The summed E-state index contributed by atoms with van der Waals surface area (Å²) in [6, 6.07) is 14.7. The third-order valence-electron chi connectivity index (χ3n) is 5.98. The quantitative estimate of drug-likeness (QED) is 0.358. The molecule has 2 aromatic heterocycles. The Kier molecular flexibility index (Phi) is 6.27. The van der Waals surface area contributed by atoms with Crippen molar-refractivity contribution in [3.63, 3.8) is 0 Å². The van der Waals surface area contributed by atoms with Crippen LogP contribution >= 0.6 is 0 Å². The number of nitrogens with zero attached hydrogens (tertiary/aromatic N) is 3. The molecule has 0 spiro atoms. The number of pyridine rings is 1. The number of hydrogen-bond acceptors (Lipinski definition) is 2. The van der Waals surface area contributed by atoms with E-state index >= 15 is 0 Å². The fraction of sp³-hybridized carbons (Fsp3) is 0.259. The third kappa shape index (κ3) is 4.80. The lowest BCUT2D eigenvalue weighted by molar-refractivity contribution is 0.150. The molecular weight excluding hydrogens is 420 g/mol. The summed E-state index contributed by atoms with van der Waals surface area (Å²) in [5.41, 5.74) is 5.75. The maximum atomic E-state index is 13.7. The summed E-state index contributed by atoms with van der Waals surface area (Å²) in [5, 5.41) is 0. The van der Waals surface area contributed by atoms with Crippen molar-refractivity contribution in [3.8, 4) is 5.69 Å². The zero-order valence-corrected chi connectivity index (χ0v) is 19.2. The zero-order valence-electron chi connectivity index (χ0n) is 19.2. The fourth-order valence-electron chi connectivity index (χ4n) is 4.20. The van der Waals surface area contributed by atoms with Crippen LogP contribution in [0.5, 0.6) is 0 Å². The summed E-state index contributed by atoms with van der Waals surface area (Å²) in [6.07, 6.45) is 2.62. The lowest BCUT2D eigenvalue weighted by Gasteiger charge is -2.19. The van der Waals surface area contributed by atoms with Crippen molar-refractivity contribution < 1.29 is 8.78 Å². The predicted octanol–water partition coefficient (Wildman–Crippen LogP) is 6.10. The van der Waals surface area contributed by atoms with Gasteiger partial charge in [-0.3, -0.25) is 4.79 Å². The Morgan fingerprint density at radius 2 is 1.76 bits per heavy atom. The van der Waals surface area contributed by atoms with Crippen LogP contribution in [-0.2, 0) is 6.42 Å². The van der Waals surface area contributed by atoms with Gasteiger partial charge in [0, 0.05) is 35.6 Å². The molecule has 4 aromatic rings. The second kappa shape index (κ2) is 9.14. The molecule has 0 fully saturated rings. The highest BCUT2D eigenvalue weighted by Crippen LogP contribution is 2.24. The Hall–Kier alpha value is -3.54. The molecular formula is C27H27F2N3O. The maximum absolute atomic E-state index is 13.7. The molecule has 0 radical (unpaired) electrons. The van der Waals surface area contributed by atoms with E-state index in [4.69, 9.17) is 0 Å². The van der Waals surface area contributed by atoms with Crippen LogP contribution in [0.2, 0.25) is 0 Å². The average molecular weight is 448 g/mol. The van der Waals surface area contributed by atoms with Crippen LogP contribution in [0.3, 0.4) is 0 Å². The molecule has 4 rings (SSSR count). The van der Waals surface area contributed by atoms with Crippen LogP contribution in [-0.4, -0.2) is 14.1 Å². The number of aryl methyl sites for hydroxylation is 3. The first-order chi connectivity index (χ1) is 15.7. The minimum atomic E-state index is -2.66. The van der Waals surface area contributed by atoms with Crippen LogP contribution in [0.1, 0.15) is 58.5 Å². The topological polar surface area (TPSA) is 39.8 Å². The lowest BCUT2D eigenvalue weighted by Crippen LogP contribution is -2.27. The van der Waals surface area contributed by atoms with Crippen molar-refractivity contribution in [1.82, 2.24) is 14.1 Å². The van der Waals surface area contributed by atoms with E-state index in [0.29, 0.717) is 5.56 Å². The molecule has 6 heteroatoms. The fourth-order valence-corrected chi connectivity index (χ4v) is 4.20. The first-order valence-electron chi connectivity index (χ1n) is 10.9. The lowest BCUT2D eigenvalue weighted by atomic mass is 10.0. The Morgan fingerprint density at radius 1 is 0.970 bits per heavy atom. The van der Waals surface area contributed by atoms with E-state index in [2.05, 4.69) is 4.98 Å². The highest BCUT2D eigenvalue weighted by atomic mass is 19.3. The van der Waals surface area contributed by atoms with E-state index < -0.39 is 6.43 Å². The molecule has 170 valence electrons. The van der Waals surface area contributed by atoms with Crippen LogP contribution < -0.4 is 5.56 Å². The monoisotopic (exact) mass is 447 g/mol. The molecule has 0 aliphatic heterocycles. The molecule has 1 atom stereocenters. The third-order valence-corrected chi connectivity index (χ3v) is 5.98. The van der Waals surface area contributed by atoms with Gasteiger partial charge in [0.2, 0.25) is 0 Å². The number of halogens is 2. The molecule has 2 aromatic carbocycles. The van der Waals surface area contributed by atoms with Crippen LogP contribution in [0, 0.1) is 20.8 Å². The highest BCUT2D eigenvalue weighted by molar-refractivity contribution is 5.44. The van der Waals surface area contributed by atoms with Gasteiger partial charge >= 0.3 is 0 Å². The summed E-state index contributed by atoms with van der Waals surface area (Å²) < 4.78 is 30.8. The van der Waals surface area contributed by atoms with Gasteiger partial charge in [-0.2, -0.15) is 0 Å². The van der Waals surface area contributed by atoms with E-state index in [0.717, 1.165) is 33.6 Å². The zero-order chi connectivity index (χ0) is 23.7. The van der Waals surface area contributed by atoms with E-state index in [9.17, 15) is 13.6 Å². The smallest absolute Gasteiger partial charge is 0.265 e. The van der Waals surface area contributed by atoms with Crippen molar-refractivity contribution in [2.45, 2.75) is 46.6 Å². The summed E-state index contributed by atoms with van der Waals surface area (Å²) in [4.78, 5) is 17.6. The van der Waals surface area contributed by atoms with Gasteiger partial charge < -0.3 is 9.13 Å². The largest absolute Gasteiger partial charge is 0.308 e. The molecule has 0 N–H and O–H groups in total. The van der Waals surface area contributed by atoms with Gasteiger partial charge in [-0.25, -0.2) is 13.8 Å². The van der Waals surface area contributed by atoms with Crippen molar-refractivity contribution in [2.24, 2.45) is 0 Å². The first-order valence-corrected chi connectivity index (χ1v) is 10.9. The molecule has 0 saturated carbocycles. The molecule has 0 unspecified atom stereocenters. The van der Waals surface area contributed by atoms with Crippen molar-refractivity contribution in [2.75, 3.05) is 0 Å². The van der Waals surface area contributed by atoms with Gasteiger partial charge in [-0.1, -0.05) is 42.0 Å². The molecule has 0 aliphatic rings. The molecule has 33 heavy (non-hydrogen) atoms.